The van der Waals surface area contributed by atoms with Gasteiger partial charge in [0.1, 0.15) is 0 Å². The third-order valence-corrected chi connectivity index (χ3v) is 2.92. The molecule has 0 aliphatic carbocycles. The first-order valence-corrected chi connectivity index (χ1v) is 6.13. The molecule has 0 spiro atoms. The highest BCUT2D eigenvalue weighted by molar-refractivity contribution is 4.69. The van der Waals surface area contributed by atoms with Crippen molar-refractivity contribution in [1.82, 2.24) is 9.80 Å². The van der Waals surface area contributed by atoms with Crippen molar-refractivity contribution < 1.29 is 0 Å². The van der Waals surface area contributed by atoms with E-state index >= 15 is 0 Å². The summed E-state index contributed by atoms with van der Waals surface area (Å²) in [4.78, 5) is 4.55. The molecule has 0 saturated carbocycles. The van der Waals surface area contributed by atoms with Crippen molar-refractivity contribution in [2.45, 2.75) is 39.5 Å². The molecular formula is C13H30N2. The van der Waals surface area contributed by atoms with E-state index in [1.54, 1.807) is 0 Å². The van der Waals surface area contributed by atoms with Gasteiger partial charge >= 0.3 is 0 Å². The highest BCUT2D eigenvalue weighted by Gasteiger charge is 2.16. The van der Waals surface area contributed by atoms with Crippen molar-refractivity contribution in [2.24, 2.45) is 5.41 Å². The highest BCUT2D eigenvalue weighted by atomic mass is 15.0. The van der Waals surface area contributed by atoms with Gasteiger partial charge in [-0.2, -0.15) is 0 Å². The molecule has 15 heavy (non-hydrogen) atoms. The van der Waals surface area contributed by atoms with Gasteiger partial charge in [-0.05, 0) is 72.4 Å². The maximum Gasteiger partial charge on any atom is -0.00246 e. The standard InChI is InChI=1S/C13H30N2/c1-13(2,9-7-11-14(3)4)10-8-12-15(5)6/h7-12H2,1-6H3. The van der Waals surface area contributed by atoms with Crippen molar-refractivity contribution in [3.05, 3.63) is 0 Å². The van der Waals surface area contributed by atoms with Gasteiger partial charge in [0.05, 0.1) is 0 Å². The third kappa shape index (κ3) is 10.2. The number of hydrogen-bond donors (Lipinski definition) is 0. The zero-order valence-electron chi connectivity index (χ0n) is 11.6. The van der Waals surface area contributed by atoms with Gasteiger partial charge < -0.3 is 9.80 Å². The summed E-state index contributed by atoms with van der Waals surface area (Å²) in [6.07, 6.45) is 5.33. The van der Waals surface area contributed by atoms with Gasteiger partial charge in [-0.3, -0.25) is 0 Å². The highest BCUT2D eigenvalue weighted by Crippen LogP contribution is 2.28. The van der Waals surface area contributed by atoms with Crippen molar-refractivity contribution in [3.63, 3.8) is 0 Å². The van der Waals surface area contributed by atoms with Crippen LogP contribution in [0.15, 0.2) is 0 Å². The largest absolute Gasteiger partial charge is 0.309 e. The fraction of sp³-hybridized carbons (Fsp3) is 1.00. The molecule has 0 bridgehead atoms. The smallest absolute Gasteiger partial charge is 0.00246 e. The molecule has 0 rings (SSSR count). The Balaban J connectivity index is 3.57. The molecular weight excluding hydrogens is 184 g/mol. The van der Waals surface area contributed by atoms with Crippen LogP contribution in [0.5, 0.6) is 0 Å². The lowest BCUT2D eigenvalue weighted by molar-refractivity contribution is 0.255. The second-order valence-corrected chi connectivity index (χ2v) is 5.98. The molecule has 0 N–H and O–H groups in total. The number of hydrogen-bond acceptors (Lipinski definition) is 2. The van der Waals surface area contributed by atoms with Gasteiger partial charge in [0.15, 0.2) is 0 Å². The third-order valence-electron chi connectivity index (χ3n) is 2.92. The lowest BCUT2D eigenvalue weighted by Crippen LogP contribution is -2.20. The molecule has 92 valence electrons. The molecule has 0 unspecified atom stereocenters. The summed E-state index contributed by atoms with van der Waals surface area (Å²) in [5, 5.41) is 0. The molecule has 0 saturated heterocycles. The van der Waals surface area contributed by atoms with Gasteiger partial charge in [-0.15, -0.1) is 0 Å². The minimum Gasteiger partial charge on any atom is -0.309 e. The Kier molecular flexibility index (Phi) is 7.20. The lowest BCUT2D eigenvalue weighted by Gasteiger charge is -2.26. The zero-order valence-corrected chi connectivity index (χ0v) is 11.6. The van der Waals surface area contributed by atoms with Crippen LogP contribution >= 0.6 is 0 Å². The van der Waals surface area contributed by atoms with Crippen LogP contribution in [0.3, 0.4) is 0 Å². The summed E-state index contributed by atoms with van der Waals surface area (Å²) in [6, 6.07) is 0. The van der Waals surface area contributed by atoms with Crippen LogP contribution in [0.25, 0.3) is 0 Å². The Hall–Kier alpha value is -0.0800. The fourth-order valence-corrected chi connectivity index (χ4v) is 1.87. The van der Waals surface area contributed by atoms with Crippen LogP contribution in [-0.2, 0) is 0 Å². The predicted octanol–water partition coefficient (Wildman–Crippen LogP) is 2.70. The van der Waals surface area contributed by atoms with Crippen LogP contribution < -0.4 is 0 Å². The van der Waals surface area contributed by atoms with E-state index in [1.165, 1.54) is 38.8 Å². The normalized spacial score (nSPS) is 12.8. The average Bonchev–Trinajstić information content (AvgIpc) is 2.01. The molecule has 0 heterocycles. The van der Waals surface area contributed by atoms with E-state index < -0.39 is 0 Å². The zero-order chi connectivity index (χ0) is 11.9. The second kappa shape index (κ2) is 7.24. The Morgan fingerprint density at radius 1 is 0.733 bits per heavy atom. The molecule has 0 aliphatic heterocycles. The first kappa shape index (κ1) is 14.9. The summed E-state index contributed by atoms with van der Waals surface area (Å²) >= 11 is 0. The maximum atomic E-state index is 2.40. The molecule has 0 aromatic heterocycles. The Bertz CT molecular complexity index is 135. The summed E-state index contributed by atoms with van der Waals surface area (Å²) in [7, 11) is 8.61. The van der Waals surface area contributed by atoms with Gasteiger partial charge in [-0.25, -0.2) is 0 Å². The Morgan fingerprint density at radius 3 is 1.33 bits per heavy atom. The summed E-state index contributed by atoms with van der Waals surface area (Å²) in [6.45, 7) is 7.24. The summed E-state index contributed by atoms with van der Waals surface area (Å²) < 4.78 is 0. The molecule has 0 radical (unpaired) electrons. The van der Waals surface area contributed by atoms with E-state index in [0.29, 0.717) is 5.41 Å². The molecule has 0 aliphatic rings. The molecule has 0 fully saturated rings. The Labute approximate surface area is 96.6 Å². The van der Waals surface area contributed by atoms with Crippen LogP contribution in [0.4, 0.5) is 0 Å². The van der Waals surface area contributed by atoms with Crippen molar-refractivity contribution in [1.29, 1.82) is 0 Å². The van der Waals surface area contributed by atoms with E-state index in [9.17, 15) is 0 Å². The van der Waals surface area contributed by atoms with E-state index in [2.05, 4.69) is 51.8 Å². The van der Waals surface area contributed by atoms with Crippen molar-refractivity contribution in [2.75, 3.05) is 41.3 Å². The average molecular weight is 214 g/mol. The minimum absolute atomic E-state index is 0.520. The van der Waals surface area contributed by atoms with Crippen molar-refractivity contribution >= 4 is 0 Å². The molecule has 2 nitrogen and oxygen atoms in total. The number of nitrogens with zero attached hydrogens (tertiary/aromatic N) is 2. The van der Waals surface area contributed by atoms with Crippen LogP contribution in [0, 0.1) is 5.41 Å². The van der Waals surface area contributed by atoms with E-state index in [-0.39, 0.29) is 0 Å². The van der Waals surface area contributed by atoms with Gasteiger partial charge in [0.25, 0.3) is 0 Å². The maximum absolute atomic E-state index is 2.40. The second-order valence-electron chi connectivity index (χ2n) is 5.98. The topological polar surface area (TPSA) is 6.48 Å². The molecule has 0 aromatic rings. The lowest BCUT2D eigenvalue weighted by atomic mass is 9.83. The van der Waals surface area contributed by atoms with Crippen LogP contribution in [0.2, 0.25) is 0 Å². The number of rotatable bonds is 8. The van der Waals surface area contributed by atoms with E-state index in [4.69, 9.17) is 0 Å². The fourth-order valence-electron chi connectivity index (χ4n) is 1.87. The van der Waals surface area contributed by atoms with E-state index in [0.717, 1.165) is 0 Å². The van der Waals surface area contributed by atoms with Crippen LogP contribution in [-0.4, -0.2) is 51.1 Å². The minimum atomic E-state index is 0.520. The van der Waals surface area contributed by atoms with Crippen LogP contribution in [0.1, 0.15) is 39.5 Å². The summed E-state index contributed by atoms with van der Waals surface area (Å²) in [5.41, 5.74) is 0.520. The van der Waals surface area contributed by atoms with Gasteiger partial charge in [0, 0.05) is 0 Å². The van der Waals surface area contributed by atoms with Crippen molar-refractivity contribution in [3.8, 4) is 0 Å². The van der Waals surface area contributed by atoms with Gasteiger partial charge in [-0.1, -0.05) is 13.8 Å². The molecule has 2 heteroatoms. The molecule has 0 amide bonds. The van der Waals surface area contributed by atoms with E-state index in [1.807, 2.05) is 0 Å². The summed E-state index contributed by atoms with van der Waals surface area (Å²) in [5.74, 6) is 0. The predicted molar refractivity (Wildman–Crippen MR) is 69.4 cm³/mol. The Morgan fingerprint density at radius 2 is 1.07 bits per heavy atom. The quantitative estimate of drug-likeness (QED) is 0.613. The first-order valence-electron chi connectivity index (χ1n) is 6.13. The van der Waals surface area contributed by atoms with Gasteiger partial charge in [0.2, 0.25) is 0 Å². The molecule has 0 atom stereocenters. The SMILES string of the molecule is CN(C)CCCC(C)(C)CCCN(C)C. The first-order chi connectivity index (χ1) is 6.83. The molecule has 0 aromatic carbocycles. The monoisotopic (exact) mass is 214 g/mol.